The molecule has 2 rings (SSSR count). The lowest BCUT2D eigenvalue weighted by Crippen LogP contribution is -2.31. The minimum absolute atomic E-state index is 0.125. The summed E-state index contributed by atoms with van der Waals surface area (Å²) < 4.78 is 15.9. The number of anilines is 1. The van der Waals surface area contributed by atoms with Crippen LogP contribution in [0.2, 0.25) is 0 Å². The Kier molecular flexibility index (Phi) is 4.46. The molecule has 110 valence electrons. The van der Waals surface area contributed by atoms with Crippen LogP contribution in [0.1, 0.15) is 10.4 Å². The van der Waals surface area contributed by atoms with Crippen molar-refractivity contribution in [3.05, 3.63) is 23.8 Å². The van der Waals surface area contributed by atoms with Gasteiger partial charge in [0.05, 0.1) is 7.11 Å². The highest BCUT2D eigenvalue weighted by molar-refractivity contribution is 6.02. The molecule has 0 bridgehead atoms. The first kappa shape index (κ1) is 14.6. The van der Waals surface area contributed by atoms with Crippen molar-refractivity contribution in [1.29, 1.82) is 0 Å². The number of methoxy groups -OCH3 is 3. The van der Waals surface area contributed by atoms with E-state index in [2.05, 4.69) is 0 Å². The predicted octanol–water partition coefficient (Wildman–Crippen LogP) is 0.763. The summed E-state index contributed by atoms with van der Waals surface area (Å²) in [6.07, 6.45) is -0.250. The molecule has 1 fully saturated rings. The van der Waals surface area contributed by atoms with Crippen molar-refractivity contribution in [3.63, 3.8) is 0 Å². The van der Waals surface area contributed by atoms with Crippen LogP contribution in [0, 0.1) is 0 Å². The normalized spacial score (nSPS) is 22.1. The molecule has 1 aromatic rings. The zero-order chi connectivity index (χ0) is 14.7. The third-order valence-corrected chi connectivity index (χ3v) is 3.60. The highest BCUT2D eigenvalue weighted by Crippen LogP contribution is 2.28. The molecule has 1 aliphatic rings. The molecular weight excluding hydrogens is 260 g/mol. The molecule has 2 unspecified atom stereocenters. The van der Waals surface area contributed by atoms with Gasteiger partial charge in [-0.3, -0.25) is 4.79 Å². The van der Waals surface area contributed by atoms with Gasteiger partial charge < -0.3 is 24.8 Å². The molecule has 0 aromatic heterocycles. The summed E-state index contributed by atoms with van der Waals surface area (Å²) >= 11 is 0. The third-order valence-electron chi connectivity index (χ3n) is 3.60. The zero-order valence-corrected chi connectivity index (χ0v) is 12.0. The van der Waals surface area contributed by atoms with Gasteiger partial charge in [-0.2, -0.15) is 0 Å². The molecule has 0 saturated carbocycles. The highest BCUT2D eigenvalue weighted by Gasteiger charge is 2.37. The SMILES string of the molecule is COc1cccc(N)c1C(=O)N1CC(OC)C(OC)C1. The van der Waals surface area contributed by atoms with E-state index in [-0.39, 0.29) is 18.1 Å². The standard InChI is InChI=1S/C14H20N2O4/c1-18-10-6-4-5-9(15)13(10)14(17)16-7-11(19-2)12(8-16)20-3/h4-6,11-12H,7-8,15H2,1-3H3. The maximum Gasteiger partial charge on any atom is 0.259 e. The average Bonchev–Trinajstić information content (AvgIpc) is 2.89. The smallest absolute Gasteiger partial charge is 0.259 e. The molecule has 1 aromatic carbocycles. The van der Waals surface area contributed by atoms with Crippen LogP contribution in [0.3, 0.4) is 0 Å². The van der Waals surface area contributed by atoms with E-state index in [0.29, 0.717) is 30.1 Å². The summed E-state index contributed by atoms with van der Waals surface area (Å²) in [7, 11) is 4.75. The lowest BCUT2D eigenvalue weighted by Gasteiger charge is -2.18. The number of carbonyl (C=O) groups excluding carboxylic acids is 1. The first-order valence-electron chi connectivity index (χ1n) is 6.39. The van der Waals surface area contributed by atoms with Crippen LogP contribution in [0.15, 0.2) is 18.2 Å². The Bertz CT molecular complexity index is 480. The second-order valence-electron chi connectivity index (χ2n) is 4.68. The molecule has 20 heavy (non-hydrogen) atoms. The number of nitrogens with two attached hydrogens (primary N) is 1. The Morgan fingerprint density at radius 2 is 1.80 bits per heavy atom. The van der Waals surface area contributed by atoms with Crippen LogP contribution in [0.5, 0.6) is 5.75 Å². The van der Waals surface area contributed by atoms with Crippen molar-refractivity contribution in [1.82, 2.24) is 4.90 Å². The number of benzene rings is 1. The second kappa shape index (κ2) is 6.11. The molecule has 2 N–H and O–H groups in total. The first-order valence-corrected chi connectivity index (χ1v) is 6.39. The molecule has 1 aliphatic heterocycles. The van der Waals surface area contributed by atoms with Gasteiger partial charge >= 0.3 is 0 Å². The average molecular weight is 280 g/mol. The molecule has 6 nitrogen and oxygen atoms in total. The number of likely N-dealkylation sites (tertiary alicyclic amines) is 1. The largest absolute Gasteiger partial charge is 0.496 e. The Morgan fingerprint density at radius 3 is 2.30 bits per heavy atom. The summed E-state index contributed by atoms with van der Waals surface area (Å²) in [5.74, 6) is 0.311. The van der Waals surface area contributed by atoms with Gasteiger partial charge in [0.15, 0.2) is 0 Å². The van der Waals surface area contributed by atoms with Crippen molar-refractivity contribution in [2.45, 2.75) is 12.2 Å². The maximum atomic E-state index is 12.6. The molecule has 0 aliphatic carbocycles. The van der Waals surface area contributed by atoms with E-state index in [1.54, 1.807) is 37.3 Å². The van der Waals surface area contributed by atoms with Crippen molar-refractivity contribution in [3.8, 4) is 5.75 Å². The quantitative estimate of drug-likeness (QED) is 0.824. The number of ether oxygens (including phenoxy) is 3. The molecule has 1 saturated heterocycles. The minimum Gasteiger partial charge on any atom is -0.496 e. The molecule has 6 heteroatoms. The van der Waals surface area contributed by atoms with Crippen molar-refractivity contribution in [2.75, 3.05) is 40.2 Å². The molecule has 1 heterocycles. The van der Waals surface area contributed by atoms with E-state index in [0.717, 1.165) is 0 Å². The van der Waals surface area contributed by atoms with Gasteiger partial charge in [0.25, 0.3) is 5.91 Å². The predicted molar refractivity (Wildman–Crippen MR) is 74.9 cm³/mol. The molecule has 0 radical (unpaired) electrons. The van der Waals surface area contributed by atoms with E-state index < -0.39 is 0 Å². The zero-order valence-electron chi connectivity index (χ0n) is 12.0. The minimum atomic E-state index is -0.165. The van der Waals surface area contributed by atoms with Gasteiger partial charge in [0, 0.05) is 33.0 Å². The highest BCUT2D eigenvalue weighted by atomic mass is 16.5. The van der Waals surface area contributed by atoms with Gasteiger partial charge in [-0.05, 0) is 12.1 Å². The first-order chi connectivity index (χ1) is 9.62. The van der Waals surface area contributed by atoms with Gasteiger partial charge in [-0.15, -0.1) is 0 Å². The number of rotatable bonds is 4. The van der Waals surface area contributed by atoms with Gasteiger partial charge in [0.1, 0.15) is 23.5 Å². The van der Waals surface area contributed by atoms with E-state index in [4.69, 9.17) is 19.9 Å². The lowest BCUT2D eigenvalue weighted by atomic mass is 10.1. The topological polar surface area (TPSA) is 74.0 Å². The van der Waals surface area contributed by atoms with Crippen molar-refractivity contribution in [2.24, 2.45) is 0 Å². The summed E-state index contributed by atoms with van der Waals surface area (Å²) in [5.41, 5.74) is 6.71. The monoisotopic (exact) mass is 280 g/mol. The van der Waals surface area contributed by atoms with Crippen LogP contribution in [0.4, 0.5) is 5.69 Å². The van der Waals surface area contributed by atoms with Crippen molar-refractivity contribution >= 4 is 11.6 Å². The molecule has 0 spiro atoms. The fourth-order valence-corrected chi connectivity index (χ4v) is 2.47. The summed E-state index contributed by atoms with van der Waals surface area (Å²) in [6.45, 7) is 0.955. The number of carbonyl (C=O) groups is 1. The van der Waals surface area contributed by atoms with E-state index >= 15 is 0 Å². The number of amides is 1. The van der Waals surface area contributed by atoms with Crippen LogP contribution < -0.4 is 10.5 Å². The fourth-order valence-electron chi connectivity index (χ4n) is 2.47. The molecule has 2 atom stereocenters. The van der Waals surface area contributed by atoms with Crippen molar-refractivity contribution < 1.29 is 19.0 Å². The maximum absolute atomic E-state index is 12.6. The van der Waals surface area contributed by atoms with Crippen LogP contribution in [-0.2, 0) is 9.47 Å². The number of nitrogen functional groups attached to an aromatic ring is 1. The number of hydrogen-bond donors (Lipinski definition) is 1. The van der Waals surface area contributed by atoms with E-state index in [1.807, 2.05) is 0 Å². The van der Waals surface area contributed by atoms with Gasteiger partial charge in [0.2, 0.25) is 0 Å². The molecular formula is C14H20N2O4. The summed E-state index contributed by atoms with van der Waals surface area (Å²) in [4.78, 5) is 14.3. The van der Waals surface area contributed by atoms with Gasteiger partial charge in [-0.25, -0.2) is 0 Å². The fraction of sp³-hybridized carbons (Fsp3) is 0.500. The van der Waals surface area contributed by atoms with E-state index in [1.165, 1.54) is 7.11 Å². The van der Waals surface area contributed by atoms with E-state index in [9.17, 15) is 4.79 Å². The number of nitrogens with zero attached hydrogens (tertiary/aromatic N) is 1. The lowest BCUT2D eigenvalue weighted by molar-refractivity contribution is -0.00461. The Morgan fingerprint density at radius 1 is 1.20 bits per heavy atom. The Balaban J connectivity index is 2.25. The van der Waals surface area contributed by atoms with Gasteiger partial charge in [-0.1, -0.05) is 6.07 Å². The second-order valence-corrected chi connectivity index (χ2v) is 4.68. The number of hydrogen-bond acceptors (Lipinski definition) is 5. The Hall–Kier alpha value is -1.79. The van der Waals surface area contributed by atoms with Crippen LogP contribution in [-0.4, -0.2) is 57.4 Å². The summed E-state index contributed by atoms with van der Waals surface area (Å²) in [5, 5.41) is 0. The third kappa shape index (κ3) is 2.57. The Labute approximate surface area is 118 Å². The van der Waals surface area contributed by atoms with Crippen LogP contribution in [0.25, 0.3) is 0 Å². The molecule has 1 amide bonds. The van der Waals surface area contributed by atoms with Crippen LogP contribution >= 0.6 is 0 Å². The summed E-state index contributed by atoms with van der Waals surface area (Å²) in [6, 6.07) is 5.17.